The maximum atomic E-state index is 4.05. The van der Waals surface area contributed by atoms with E-state index < -0.39 is 0 Å². The lowest BCUT2D eigenvalue weighted by Gasteiger charge is -2.34. The minimum Gasteiger partial charge on any atom is -0.309 e. The molecule has 5 unspecified atom stereocenters. The van der Waals surface area contributed by atoms with Crippen LogP contribution in [0.25, 0.3) is 0 Å². The van der Waals surface area contributed by atoms with Crippen molar-refractivity contribution in [3.63, 3.8) is 0 Å². The summed E-state index contributed by atoms with van der Waals surface area (Å²) in [6.07, 6.45) is 9.97. The van der Waals surface area contributed by atoms with E-state index in [0.29, 0.717) is 0 Å². The number of nitrogens with one attached hydrogen (secondary N) is 1. The molecule has 0 aromatic rings. The van der Waals surface area contributed by atoms with Crippen molar-refractivity contribution < 1.29 is 0 Å². The molecule has 0 radical (unpaired) electrons. The van der Waals surface area contributed by atoms with Crippen molar-refractivity contribution in [3.8, 4) is 0 Å². The molecule has 2 nitrogen and oxygen atoms in total. The fourth-order valence-electron chi connectivity index (χ4n) is 4.78. The van der Waals surface area contributed by atoms with Crippen molar-refractivity contribution >= 4 is 0 Å². The van der Waals surface area contributed by atoms with E-state index in [1.54, 1.807) is 0 Å². The summed E-state index contributed by atoms with van der Waals surface area (Å²) in [5.74, 6) is 1.87. The summed E-state index contributed by atoms with van der Waals surface area (Å²) < 4.78 is 0. The van der Waals surface area contributed by atoms with Gasteiger partial charge in [0.15, 0.2) is 0 Å². The van der Waals surface area contributed by atoms with Gasteiger partial charge in [0.1, 0.15) is 0 Å². The predicted molar refractivity (Wildman–Crippen MR) is 76.7 cm³/mol. The van der Waals surface area contributed by atoms with Crippen LogP contribution in [0.2, 0.25) is 0 Å². The Morgan fingerprint density at radius 1 is 1.00 bits per heavy atom. The Balaban J connectivity index is 1.57. The molecule has 3 fully saturated rings. The Labute approximate surface area is 113 Å². The van der Waals surface area contributed by atoms with Gasteiger partial charge < -0.3 is 5.32 Å². The molecule has 0 bridgehead atoms. The summed E-state index contributed by atoms with van der Waals surface area (Å²) in [6.45, 7) is 7.55. The maximum Gasteiger partial charge on any atom is 0.0249 e. The second-order valence-electron chi connectivity index (χ2n) is 6.87. The molecule has 1 saturated carbocycles. The average Bonchev–Trinajstić information content (AvgIpc) is 2.96. The van der Waals surface area contributed by atoms with Crippen LogP contribution in [0.1, 0.15) is 58.8 Å². The van der Waals surface area contributed by atoms with Gasteiger partial charge in [0.25, 0.3) is 0 Å². The normalized spacial score (nSPS) is 45.3. The third-order valence-corrected chi connectivity index (χ3v) is 6.04. The molecule has 3 aliphatic rings. The van der Waals surface area contributed by atoms with Gasteiger partial charge in [-0.1, -0.05) is 26.7 Å². The van der Waals surface area contributed by atoms with Crippen LogP contribution in [0.15, 0.2) is 0 Å². The monoisotopic (exact) mass is 250 g/mol. The lowest BCUT2D eigenvalue weighted by Crippen LogP contribution is -2.49. The highest BCUT2D eigenvalue weighted by Gasteiger charge is 2.39. The van der Waals surface area contributed by atoms with Crippen LogP contribution in [0, 0.1) is 11.8 Å². The molecule has 0 spiro atoms. The molecule has 2 heterocycles. The Morgan fingerprint density at radius 3 is 2.67 bits per heavy atom. The molecule has 0 aromatic carbocycles. The molecule has 1 aliphatic carbocycles. The van der Waals surface area contributed by atoms with Gasteiger partial charge in [0, 0.05) is 24.7 Å². The SMILES string of the molecule is CCC1CCC(NC2CCN3CCCCC23)C1C. The highest BCUT2D eigenvalue weighted by Crippen LogP contribution is 2.36. The summed E-state index contributed by atoms with van der Waals surface area (Å²) >= 11 is 0. The van der Waals surface area contributed by atoms with E-state index in [1.165, 1.54) is 58.0 Å². The van der Waals surface area contributed by atoms with Crippen molar-refractivity contribution in [2.45, 2.75) is 76.9 Å². The lowest BCUT2D eigenvalue weighted by atomic mass is 9.92. The highest BCUT2D eigenvalue weighted by molar-refractivity contribution is 4.97. The van der Waals surface area contributed by atoms with E-state index in [0.717, 1.165) is 30.0 Å². The van der Waals surface area contributed by atoms with Gasteiger partial charge in [0.05, 0.1) is 0 Å². The largest absolute Gasteiger partial charge is 0.309 e. The van der Waals surface area contributed by atoms with Crippen molar-refractivity contribution in [3.05, 3.63) is 0 Å². The first-order chi connectivity index (χ1) is 8.79. The van der Waals surface area contributed by atoms with E-state index in [9.17, 15) is 0 Å². The number of piperidine rings is 1. The van der Waals surface area contributed by atoms with E-state index in [-0.39, 0.29) is 0 Å². The van der Waals surface area contributed by atoms with E-state index in [2.05, 4.69) is 24.1 Å². The number of fused-ring (bicyclic) bond motifs is 1. The Morgan fingerprint density at radius 2 is 1.89 bits per heavy atom. The van der Waals surface area contributed by atoms with Crippen molar-refractivity contribution in [1.29, 1.82) is 0 Å². The zero-order valence-electron chi connectivity index (χ0n) is 12.2. The van der Waals surface area contributed by atoms with Gasteiger partial charge in [-0.25, -0.2) is 0 Å². The predicted octanol–water partition coefficient (Wildman–Crippen LogP) is 3.03. The van der Waals surface area contributed by atoms with Crippen LogP contribution < -0.4 is 5.32 Å². The van der Waals surface area contributed by atoms with Gasteiger partial charge in [-0.3, -0.25) is 4.90 Å². The second kappa shape index (κ2) is 5.50. The number of hydrogen-bond donors (Lipinski definition) is 1. The first-order valence-electron chi connectivity index (χ1n) is 8.29. The molecule has 1 N–H and O–H groups in total. The third-order valence-electron chi connectivity index (χ3n) is 6.04. The van der Waals surface area contributed by atoms with Gasteiger partial charge in [-0.15, -0.1) is 0 Å². The van der Waals surface area contributed by atoms with Gasteiger partial charge in [0.2, 0.25) is 0 Å². The zero-order chi connectivity index (χ0) is 12.5. The molecule has 2 heteroatoms. The summed E-state index contributed by atoms with van der Waals surface area (Å²) in [7, 11) is 0. The van der Waals surface area contributed by atoms with Crippen molar-refractivity contribution in [2.75, 3.05) is 13.1 Å². The van der Waals surface area contributed by atoms with Crippen LogP contribution in [-0.2, 0) is 0 Å². The van der Waals surface area contributed by atoms with Gasteiger partial charge in [-0.05, 0) is 50.5 Å². The summed E-state index contributed by atoms with van der Waals surface area (Å²) in [5, 5.41) is 4.05. The molecule has 0 amide bonds. The van der Waals surface area contributed by atoms with Crippen molar-refractivity contribution in [1.82, 2.24) is 10.2 Å². The number of hydrogen-bond acceptors (Lipinski definition) is 2. The van der Waals surface area contributed by atoms with Crippen LogP contribution in [-0.4, -0.2) is 36.1 Å². The third kappa shape index (κ3) is 2.34. The smallest absolute Gasteiger partial charge is 0.0249 e. The topological polar surface area (TPSA) is 15.3 Å². The highest BCUT2D eigenvalue weighted by atomic mass is 15.2. The second-order valence-corrected chi connectivity index (χ2v) is 6.87. The summed E-state index contributed by atoms with van der Waals surface area (Å²) in [5.41, 5.74) is 0. The molecule has 104 valence electrons. The summed E-state index contributed by atoms with van der Waals surface area (Å²) in [6, 6.07) is 2.47. The Kier molecular flexibility index (Phi) is 3.95. The van der Waals surface area contributed by atoms with E-state index in [4.69, 9.17) is 0 Å². The van der Waals surface area contributed by atoms with Crippen LogP contribution in [0.3, 0.4) is 0 Å². The molecule has 2 aliphatic heterocycles. The Hall–Kier alpha value is -0.0800. The minimum atomic E-state index is 0.799. The molecule has 0 aromatic heterocycles. The fourth-order valence-corrected chi connectivity index (χ4v) is 4.78. The quantitative estimate of drug-likeness (QED) is 0.828. The molecule has 5 atom stereocenters. The molecule has 18 heavy (non-hydrogen) atoms. The van der Waals surface area contributed by atoms with Crippen LogP contribution >= 0.6 is 0 Å². The van der Waals surface area contributed by atoms with Gasteiger partial charge in [-0.2, -0.15) is 0 Å². The number of rotatable bonds is 3. The summed E-state index contributed by atoms with van der Waals surface area (Å²) in [4.78, 5) is 2.75. The first-order valence-corrected chi connectivity index (χ1v) is 8.29. The maximum absolute atomic E-state index is 4.05. The van der Waals surface area contributed by atoms with Gasteiger partial charge >= 0.3 is 0 Å². The molecular formula is C16H30N2. The molecular weight excluding hydrogens is 220 g/mol. The first kappa shape index (κ1) is 12.9. The minimum absolute atomic E-state index is 0.799. The Bertz CT molecular complexity index is 278. The number of nitrogens with zero attached hydrogens (tertiary/aromatic N) is 1. The van der Waals surface area contributed by atoms with E-state index >= 15 is 0 Å². The van der Waals surface area contributed by atoms with Crippen LogP contribution in [0.5, 0.6) is 0 Å². The lowest BCUT2D eigenvalue weighted by molar-refractivity contribution is 0.172. The van der Waals surface area contributed by atoms with E-state index in [1.807, 2.05) is 0 Å². The fraction of sp³-hybridized carbons (Fsp3) is 1.00. The molecule has 3 rings (SSSR count). The molecule has 2 saturated heterocycles. The van der Waals surface area contributed by atoms with Crippen molar-refractivity contribution in [2.24, 2.45) is 11.8 Å². The van der Waals surface area contributed by atoms with Crippen LogP contribution in [0.4, 0.5) is 0 Å². The average molecular weight is 250 g/mol. The standard InChI is InChI=1S/C16H30N2/c1-3-13-7-8-14(12(13)2)17-15-9-11-18-10-5-4-6-16(15)18/h12-17H,3-11H2,1-2H3. The zero-order valence-corrected chi connectivity index (χ0v) is 12.2.